The summed E-state index contributed by atoms with van der Waals surface area (Å²) in [5, 5.41) is 2.48. The predicted octanol–water partition coefficient (Wildman–Crippen LogP) is 1.40. The largest absolute Gasteiger partial charge is 0.493 e. The number of halogens is 2. The third kappa shape index (κ3) is 6.10. The van der Waals surface area contributed by atoms with E-state index in [1.54, 1.807) is 24.3 Å². The van der Waals surface area contributed by atoms with Gasteiger partial charge in [-0.1, -0.05) is 30.3 Å². The molecule has 0 unspecified atom stereocenters. The van der Waals surface area contributed by atoms with Crippen LogP contribution in [0.2, 0.25) is 0 Å². The number of methoxy groups -OCH3 is 1. The van der Waals surface area contributed by atoms with E-state index in [2.05, 4.69) is 5.32 Å². The zero-order valence-corrected chi connectivity index (χ0v) is 16.4. The molecule has 2 rings (SSSR count). The molecule has 0 saturated carbocycles. The van der Waals surface area contributed by atoms with Gasteiger partial charge in [-0.2, -0.15) is 0 Å². The number of rotatable bonds is 9. The first kappa shape index (κ1) is 22.5. The Labute approximate surface area is 168 Å². The summed E-state index contributed by atoms with van der Waals surface area (Å²) in [6.45, 7) is 0. The maximum Gasteiger partial charge on any atom is 0.493 e. The van der Waals surface area contributed by atoms with Gasteiger partial charge in [-0.05, 0) is 23.2 Å². The molecule has 154 valence electrons. The number of esters is 1. The molecule has 29 heavy (non-hydrogen) atoms. The minimum Gasteiger partial charge on any atom is -0.467 e. The predicted molar refractivity (Wildman–Crippen MR) is 104 cm³/mol. The number of ether oxygens (including phenoxy) is 1. The molecule has 1 atom stereocenters. The highest BCUT2D eigenvalue weighted by Gasteiger charge is 2.24. The van der Waals surface area contributed by atoms with Crippen molar-refractivity contribution >= 4 is 24.5 Å². The summed E-state index contributed by atoms with van der Waals surface area (Å²) in [7, 11) is 3.71. The molecule has 6 nitrogen and oxygen atoms in total. The first-order chi connectivity index (χ1) is 13.9. The standard InChI is InChI=1S/C20H22BF2NO5/c1-27-20(26)18(11-13-7-9-14(10-8-13)21(28-2)29-3)24-19(25)12-15-16(22)5-4-6-17(15)23/h4-10,18H,11-12H2,1-3H3,(H,24,25)/t18-/m0/s1. The molecule has 2 aromatic rings. The van der Waals surface area contributed by atoms with E-state index in [9.17, 15) is 18.4 Å². The van der Waals surface area contributed by atoms with E-state index in [1.165, 1.54) is 27.4 Å². The first-order valence-electron chi connectivity index (χ1n) is 8.84. The topological polar surface area (TPSA) is 73.9 Å². The SMILES string of the molecule is COB(OC)c1ccc(C[C@H](NC(=O)Cc2c(F)cccc2F)C(=O)OC)cc1. The molecule has 0 heterocycles. The third-order valence-electron chi connectivity index (χ3n) is 4.34. The Bertz CT molecular complexity index is 823. The lowest BCUT2D eigenvalue weighted by atomic mass is 9.78. The van der Waals surface area contributed by atoms with E-state index >= 15 is 0 Å². The Hall–Kier alpha value is -2.78. The summed E-state index contributed by atoms with van der Waals surface area (Å²) in [6, 6.07) is 9.42. The van der Waals surface area contributed by atoms with Crippen LogP contribution in [0.15, 0.2) is 42.5 Å². The third-order valence-corrected chi connectivity index (χ3v) is 4.34. The van der Waals surface area contributed by atoms with Crippen LogP contribution in [0.25, 0.3) is 0 Å². The van der Waals surface area contributed by atoms with Gasteiger partial charge in [0.15, 0.2) is 0 Å². The number of nitrogens with one attached hydrogen (secondary N) is 1. The van der Waals surface area contributed by atoms with Crippen molar-refractivity contribution in [2.45, 2.75) is 18.9 Å². The van der Waals surface area contributed by atoms with Gasteiger partial charge in [0.2, 0.25) is 5.91 Å². The van der Waals surface area contributed by atoms with Crippen molar-refractivity contribution < 1.29 is 32.4 Å². The van der Waals surface area contributed by atoms with E-state index in [4.69, 9.17) is 14.0 Å². The number of hydrogen-bond acceptors (Lipinski definition) is 5. The normalized spacial score (nSPS) is 11.6. The lowest BCUT2D eigenvalue weighted by Crippen LogP contribution is -2.44. The summed E-state index contributed by atoms with van der Waals surface area (Å²) in [5.41, 5.74) is 1.17. The number of carbonyl (C=O) groups excluding carboxylic acids is 2. The molecule has 2 aromatic carbocycles. The van der Waals surface area contributed by atoms with Gasteiger partial charge in [0, 0.05) is 26.2 Å². The summed E-state index contributed by atoms with van der Waals surface area (Å²) < 4.78 is 42.6. The van der Waals surface area contributed by atoms with E-state index in [0.29, 0.717) is 0 Å². The second-order valence-electron chi connectivity index (χ2n) is 6.27. The van der Waals surface area contributed by atoms with Crippen LogP contribution in [0.3, 0.4) is 0 Å². The van der Waals surface area contributed by atoms with Crippen LogP contribution in [0.1, 0.15) is 11.1 Å². The average Bonchev–Trinajstić information content (AvgIpc) is 2.72. The van der Waals surface area contributed by atoms with Crippen LogP contribution in [0, 0.1) is 11.6 Å². The highest BCUT2D eigenvalue weighted by Crippen LogP contribution is 2.13. The van der Waals surface area contributed by atoms with E-state index in [-0.39, 0.29) is 12.0 Å². The summed E-state index contributed by atoms with van der Waals surface area (Å²) >= 11 is 0. The molecule has 0 saturated heterocycles. The Balaban J connectivity index is 2.09. The molecule has 1 N–H and O–H groups in total. The van der Waals surface area contributed by atoms with Gasteiger partial charge in [-0.25, -0.2) is 13.6 Å². The first-order valence-corrected chi connectivity index (χ1v) is 8.84. The summed E-state index contributed by atoms with van der Waals surface area (Å²) in [5.74, 6) is -3.00. The van der Waals surface area contributed by atoms with Crippen molar-refractivity contribution in [3.8, 4) is 0 Å². The van der Waals surface area contributed by atoms with E-state index in [1.807, 2.05) is 0 Å². The molecule has 0 radical (unpaired) electrons. The molecule has 0 bridgehead atoms. The maximum absolute atomic E-state index is 13.7. The van der Waals surface area contributed by atoms with Crippen molar-refractivity contribution in [1.29, 1.82) is 0 Å². The Kier molecular flexibility index (Phi) is 8.29. The minimum atomic E-state index is -1.01. The van der Waals surface area contributed by atoms with Gasteiger partial charge in [-0.3, -0.25) is 4.79 Å². The van der Waals surface area contributed by atoms with Crippen molar-refractivity contribution in [1.82, 2.24) is 5.32 Å². The lowest BCUT2D eigenvalue weighted by Gasteiger charge is -2.17. The molecule has 0 spiro atoms. The van der Waals surface area contributed by atoms with Crippen LogP contribution in [-0.2, 0) is 36.5 Å². The quantitative estimate of drug-likeness (QED) is 0.505. The molecular formula is C20H22BF2NO5. The Morgan fingerprint density at radius 3 is 2.10 bits per heavy atom. The van der Waals surface area contributed by atoms with Crippen molar-refractivity contribution in [2.75, 3.05) is 21.3 Å². The summed E-state index contributed by atoms with van der Waals surface area (Å²) in [4.78, 5) is 24.4. The van der Waals surface area contributed by atoms with Crippen LogP contribution in [0.4, 0.5) is 8.78 Å². The second-order valence-corrected chi connectivity index (χ2v) is 6.27. The molecular weight excluding hydrogens is 383 g/mol. The molecule has 0 aliphatic rings. The van der Waals surface area contributed by atoms with Crippen LogP contribution < -0.4 is 10.8 Å². The zero-order chi connectivity index (χ0) is 21.4. The fourth-order valence-corrected chi connectivity index (χ4v) is 2.86. The number of hydrogen-bond donors (Lipinski definition) is 1. The van der Waals surface area contributed by atoms with Crippen LogP contribution >= 0.6 is 0 Å². The van der Waals surface area contributed by atoms with Gasteiger partial charge >= 0.3 is 13.1 Å². The summed E-state index contributed by atoms with van der Waals surface area (Å²) in [6.07, 6.45) is -0.391. The molecule has 0 aromatic heterocycles. The van der Waals surface area contributed by atoms with Gasteiger partial charge in [-0.15, -0.1) is 0 Å². The van der Waals surface area contributed by atoms with Crippen molar-refractivity contribution in [3.63, 3.8) is 0 Å². The molecule has 0 aliphatic heterocycles. The Morgan fingerprint density at radius 1 is 1.00 bits per heavy atom. The van der Waals surface area contributed by atoms with E-state index in [0.717, 1.165) is 23.2 Å². The Morgan fingerprint density at radius 2 is 1.59 bits per heavy atom. The van der Waals surface area contributed by atoms with Crippen LogP contribution in [0.5, 0.6) is 0 Å². The number of benzene rings is 2. The number of carbonyl (C=O) groups is 2. The smallest absolute Gasteiger partial charge is 0.467 e. The van der Waals surface area contributed by atoms with Crippen LogP contribution in [-0.4, -0.2) is 46.4 Å². The fourth-order valence-electron chi connectivity index (χ4n) is 2.86. The zero-order valence-electron chi connectivity index (χ0n) is 16.4. The highest BCUT2D eigenvalue weighted by molar-refractivity contribution is 6.61. The van der Waals surface area contributed by atoms with Gasteiger partial charge in [0.1, 0.15) is 17.7 Å². The maximum atomic E-state index is 13.7. The van der Waals surface area contributed by atoms with Crippen molar-refractivity contribution in [2.24, 2.45) is 0 Å². The van der Waals surface area contributed by atoms with Gasteiger partial charge < -0.3 is 19.4 Å². The van der Waals surface area contributed by atoms with Gasteiger partial charge in [0.25, 0.3) is 0 Å². The molecule has 1 amide bonds. The molecule has 0 aliphatic carbocycles. The number of amides is 1. The fraction of sp³-hybridized carbons (Fsp3) is 0.300. The molecule has 0 fully saturated rings. The lowest BCUT2D eigenvalue weighted by molar-refractivity contribution is -0.145. The van der Waals surface area contributed by atoms with Gasteiger partial charge in [0.05, 0.1) is 13.5 Å². The minimum absolute atomic E-state index is 0.142. The highest BCUT2D eigenvalue weighted by atomic mass is 19.1. The van der Waals surface area contributed by atoms with E-state index < -0.39 is 43.1 Å². The average molecular weight is 405 g/mol. The molecule has 9 heteroatoms. The monoisotopic (exact) mass is 405 g/mol. The van der Waals surface area contributed by atoms with Crippen molar-refractivity contribution in [3.05, 3.63) is 65.2 Å². The second kappa shape index (κ2) is 10.7.